The second-order valence-corrected chi connectivity index (χ2v) is 4.47. The van der Waals surface area contributed by atoms with Crippen molar-refractivity contribution in [3.63, 3.8) is 0 Å². The molecule has 0 N–H and O–H groups in total. The van der Waals surface area contributed by atoms with E-state index < -0.39 is 0 Å². The molecule has 1 amide bonds. The smallest absolute Gasteiger partial charge is 0.651 e. The van der Waals surface area contributed by atoms with Gasteiger partial charge in [-0.25, -0.2) is 4.98 Å². The van der Waals surface area contributed by atoms with Crippen LogP contribution in [0.15, 0.2) is 12.1 Å². The molecule has 0 aliphatic heterocycles. The molecule has 0 saturated carbocycles. The fourth-order valence-electron chi connectivity index (χ4n) is 1.55. The van der Waals surface area contributed by atoms with Crippen LogP contribution in [0, 0.1) is 13.8 Å². The van der Waals surface area contributed by atoms with Crippen molar-refractivity contribution >= 4 is 27.5 Å². The minimum Gasteiger partial charge on any atom is -0.651 e. The predicted octanol–water partition coefficient (Wildman–Crippen LogP) is 0.0608. The molecule has 2 heterocycles. The fourth-order valence-corrected chi connectivity index (χ4v) is 2.63. The maximum absolute atomic E-state index is 11.4. The zero-order valence-electron chi connectivity index (χ0n) is 9.87. The third kappa shape index (κ3) is 2.79. The van der Waals surface area contributed by atoms with Crippen molar-refractivity contribution in [2.24, 2.45) is 0 Å². The van der Waals surface area contributed by atoms with Gasteiger partial charge in [0.2, 0.25) is 0 Å². The van der Waals surface area contributed by atoms with E-state index >= 15 is 0 Å². The molecule has 0 unspecified atom stereocenters. The van der Waals surface area contributed by atoms with E-state index in [1.165, 1.54) is 18.4 Å². The van der Waals surface area contributed by atoms with Gasteiger partial charge in [0.1, 0.15) is 4.83 Å². The monoisotopic (exact) mass is 304 g/mol. The van der Waals surface area contributed by atoms with E-state index in [4.69, 9.17) is 0 Å². The Balaban J connectivity index is 0.00000128. The number of thiophene rings is 1. The third-order valence-electron chi connectivity index (χ3n) is 2.25. The first-order valence-corrected chi connectivity index (χ1v) is 5.45. The van der Waals surface area contributed by atoms with Crippen LogP contribution in [0.1, 0.15) is 20.9 Å². The van der Waals surface area contributed by atoms with Crippen molar-refractivity contribution in [3.05, 3.63) is 33.6 Å². The number of aromatic nitrogens is 1. The second kappa shape index (κ2) is 5.82. The van der Waals surface area contributed by atoms with Crippen LogP contribution in [0.2, 0.25) is 0 Å². The van der Waals surface area contributed by atoms with Gasteiger partial charge in [-0.05, 0) is 31.5 Å². The normalized spacial score (nSPS) is 9.94. The van der Waals surface area contributed by atoms with E-state index in [-0.39, 0.29) is 64.1 Å². The summed E-state index contributed by atoms with van der Waals surface area (Å²) in [5.74, 6) is -0.171. The van der Waals surface area contributed by atoms with E-state index in [0.29, 0.717) is 4.88 Å². The summed E-state index contributed by atoms with van der Waals surface area (Å²) in [7, 11) is 1.51. The number of rotatable bonds is 1. The summed E-state index contributed by atoms with van der Waals surface area (Å²) < 4.78 is 0. The van der Waals surface area contributed by atoms with Gasteiger partial charge in [-0.15, -0.1) is 18.4 Å². The standard InChI is InChI=1S/C11H12N2OS.Rb/c1-6-4-7(2)13-11-8(6)5-9(15-11)10(14)12-3;/h4-5H,1-3H3,(H,12,14);/q;+1/p-1. The maximum Gasteiger partial charge on any atom is 1.00 e. The van der Waals surface area contributed by atoms with Crippen LogP contribution in [-0.2, 0) is 0 Å². The summed E-state index contributed by atoms with van der Waals surface area (Å²) in [5.41, 5.74) is 2.14. The number of amides is 1. The Morgan fingerprint density at radius 1 is 1.38 bits per heavy atom. The zero-order chi connectivity index (χ0) is 11.0. The van der Waals surface area contributed by atoms with Gasteiger partial charge in [0.25, 0.3) is 0 Å². The molecule has 0 bridgehead atoms. The van der Waals surface area contributed by atoms with Crippen LogP contribution in [-0.4, -0.2) is 17.9 Å². The van der Waals surface area contributed by atoms with Crippen LogP contribution in [0.4, 0.5) is 0 Å². The molecular weight excluding hydrogens is 294 g/mol. The average Bonchev–Trinajstić information content (AvgIpc) is 2.60. The van der Waals surface area contributed by atoms with Gasteiger partial charge in [-0.2, -0.15) is 0 Å². The van der Waals surface area contributed by atoms with E-state index in [1.54, 1.807) is 0 Å². The van der Waals surface area contributed by atoms with Crippen molar-refractivity contribution in [2.45, 2.75) is 13.8 Å². The van der Waals surface area contributed by atoms with Crippen molar-refractivity contribution < 1.29 is 63.0 Å². The van der Waals surface area contributed by atoms with Crippen molar-refractivity contribution in [2.75, 3.05) is 7.05 Å². The minimum atomic E-state index is -0.171. The summed E-state index contributed by atoms with van der Waals surface area (Å²) in [5, 5.41) is 4.70. The molecule has 0 atom stereocenters. The molecule has 0 radical (unpaired) electrons. The molecule has 0 aromatic carbocycles. The summed E-state index contributed by atoms with van der Waals surface area (Å²) in [6, 6.07) is 3.89. The molecule has 2 aromatic rings. The number of hydrogen-bond donors (Lipinski definition) is 0. The Labute approximate surface area is 147 Å². The van der Waals surface area contributed by atoms with Crippen molar-refractivity contribution in [3.8, 4) is 0 Å². The number of carbonyl (C=O) groups is 1. The molecule has 78 valence electrons. The van der Waals surface area contributed by atoms with Gasteiger partial charge in [-0.1, -0.05) is 0 Å². The van der Waals surface area contributed by atoms with E-state index in [9.17, 15) is 4.79 Å². The van der Waals surface area contributed by atoms with Crippen molar-refractivity contribution in [1.82, 2.24) is 4.98 Å². The van der Waals surface area contributed by atoms with Crippen molar-refractivity contribution in [1.29, 1.82) is 0 Å². The van der Waals surface area contributed by atoms with Crippen LogP contribution in [0.3, 0.4) is 0 Å². The molecule has 0 aliphatic carbocycles. The van der Waals surface area contributed by atoms with E-state index in [2.05, 4.69) is 10.3 Å². The van der Waals surface area contributed by atoms with Crippen LogP contribution < -0.4 is 58.2 Å². The first kappa shape index (κ1) is 14.4. The molecule has 0 aliphatic rings. The molecule has 0 saturated heterocycles. The average molecular weight is 305 g/mol. The maximum atomic E-state index is 11.4. The Hall–Kier alpha value is 0.385. The van der Waals surface area contributed by atoms with E-state index in [0.717, 1.165) is 21.5 Å². The van der Waals surface area contributed by atoms with Gasteiger partial charge in [0, 0.05) is 11.1 Å². The number of aryl methyl sites for hydroxylation is 2. The quantitative estimate of drug-likeness (QED) is 0.748. The molecule has 5 heteroatoms. The molecule has 0 fully saturated rings. The fraction of sp³-hybridized carbons (Fsp3) is 0.273. The van der Waals surface area contributed by atoms with E-state index in [1.807, 2.05) is 26.0 Å². The van der Waals surface area contributed by atoms with Gasteiger partial charge in [0.05, 0.1) is 10.8 Å². The van der Waals surface area contributed by atoms with Gasteiger partial charge >= 0.3 is 58.2 Å². The Bertz CT molecular complexity index is 536. The molecule has 2 aromatic heterocycles. The van der Waals surface area contributed by atoms with Gasteiger partial charge in [-0.3, -0.25) is 0 Å². The molecule has 3 nitrogen and oxygen atoms in total. The number of hydrogen-bond acceptors (Lipinski definition) is 3. The summed E-state index contributed by atoms with van der Waals surface area (Å²) >= 11 is 1.40. The van der Waals surface area contributed by atoms with Gasteiger partial charge in [0.15, 0.2) is 0 Å². The molecule has 0 spiro atoms. The molecule has 2 rings (SSSR count). The summed E-state index contributed by atoms with van der Waals surface area (Å²) in [6.07, 6.45) is 0. The minimum absolute atomic E-state index is 0. The zero-order valence-corrected chi connectivity index (χ0v) is 15.6. The van der Waals surface area contributed by atoms with Crippen LogP contribution >= 0.6 is 11.3 Å². The largest absolute Gasteiger partial charge is 1.00 e. The molecule has 16 heavy (non-hydrogen) atoms. The first-order chi connectivity index (χ1) is 7.11. The molecular formula is C11H11N2ORbS. The number of fused-ring (bicyclic) bond motifs is 1. The Morgan fingerprint density at radius 3 is 2.69 bits per heavy atom. The Morgan fingerprint density at radius 2 is 2.06 bits per heavy atom. The second-order valence-electron chi connectivity index (χ2n) is 3.44. The number of nitrogens with zero attached hydrogens (tertiary/aromatic N) is 2. The van der Waals surface area contributed by atoms with Gasteiger partial charge < -0.3 is 10.1 Å². The topological polar surface area (TPSA) is 44.1 Å². The Kier molecular flexibility index (Phi) is 5.26. The number of carbonyl (C=O) groups excluding carboxylic acids is 1. The van der Waals surface area contributed by atoms with Crippen LogP contribution in [0.5, 0.6) is 0 Å². The predicted molar refractivity (Wildman–Crippen MR) is 62.7 cm³/mol. The summed E-state index contributed by atoms with van der Waals surface area (Å²) in [6.45, 7) is 3.99. The number of pyridine rings is 1. The first-order valence-electron chi connectivity index (χ1n) is 4.64. The SMILES string of the molecule is C[N-]C(=O)c1cc2c(C)cc(C)nc2s1.[Rb+]. The summed E-state index contributed by atoms with van der Waals surface area (Å²) in [4.78, 5) is 17.4. The van der Waals surface area contributed by atoms with Crippen LogP contribution in [0.25, 0.3) is 15.5 Å². The third-order valence-corrected chi connectivity index (χ3v) is 3.27.